The van der Waals surface area contributed by atoms with Gasteiger partial charge in [-0.2, -0.15) is 4.98 Å². The third-order valence-electron chi connectivity index (χ3n) is 5.76. The molecule has 1 atom stereocenters. The van der Waals surface area contributed by atoms with Gasteiger partial charge in [0.15, 0.2) is 0 Å². The zero-order chi connectivity index (χ0) is 22.5. The van der Waals surface area contributed by atoms with Crippen molar-refractivity contribution < 1.29 is 9.72 Å². The molecule has 1 aliphatic rings. The van der Waals surface area contributed by atoms with E-state index >= 15 is 0 Å². The normalized spacial score (nSPS) is 19.4. The van der Waals surface area contributed by atoms with Gasteiger partial charge in [-0.05, 0) is 45.1 Å². The molecule has 0 bridgehead atoms. The predicted octanol–water partition coefficient (Wildman–Crippen LogP) is 3.61. The Morgan fingerprint density at radius 2 is 1.84 bits per heavy atom. The Labute approximate surface area is 182 Å². The van der Waals surface area contributed by atoms with Gasteiger partial charge in [0.25, 0.3) is 5.69 Å². The number of rotatable bonds is 7. The molecule has 9 heteroatoms. The first-order valence-corrected chi connectivity index (χ1v) is 10.6. The fourth-order valence-electron chi connectivity index (χ4n) is 3.94. The molecule has 1 aromatic heterocycles. The van der Waals surface area contributed by atoms with E-state index in [1.54, 1.807) is 12.1 Å². The van der Waals surface area contributed by atoms with Gasteiger partial charge in [-0.1, -0.05) is 12.1 Å². The summed E-state index contributed by atoms with van der Waals surface area (Å²) in [5.74, 6) is 1.51. The van der Waals surface area contributed by atoms with Crippen LogP contribution in [0.25, 0.3) is 0 Å². The summed E-state index contributed by atoms with van der Waals surface area (Å²) < 4.78 is 0. The van der Waals surface area contributed by atoms with Crippen LogP contribution < -0.4 is 15.5 Å². The van der Waals surface area contributed by atoms with E-state index in [4.69, 9.17) is 0 Å². The van der Waals surface area contributed by atoms with Crippen LogP contribution in [0.1, 0.15) is 49.8 Å². The minimum absolute atomic E-state index is 0.0326. The maximum atomic E-state index is 12.7. The zero-order valence-corrected chi connectivity index (χ0v) is 18.5. The van der Waals surface area contributed by atoms with E-state index in [0.29, 0.717) is 5.95 Å². The topological polar surface area (TPSA) is 113 Å². The van der Waals surface area contributed by atoms with Crippen LogP contribution >= 0.6 is 0 Å². The smallest absolute Gasteiger partial charge is 0.269 e. The minimum Gasteiger partial charge on any atom is -0.362 e. The van der Waals surface area contributed by atoms with Crippen LogP contribution in [-0.2, 0) is 4.79 Å². The molecule has 2 N–H and O–H groups in total. The van der Waals surface area contributed by atoms with Gasteiger partial charge in [-0.3, -0.25) is 14.9 Å². The van der Waals surface area contributed by atoms with Gasteiger partial charge >= 0.3 is 0 Å². The van der Waals surface area contributed by atoms with Gasteiger partial charge in [-0.25, -0.2) is 4.98 Å². The number of nitro benzene ring substituents is 1. The van der Waals surface area contributed by atoms with Crippen molar-refractivity contribution in [2.45, 2.75) is 51.6 Å². The summed E-state index contributed by atoms with van der Waals surface area (Å²) in [5.41, 5.74) is 1.92. The first-order chi connectivity index (χ1) is 14.7. The van der Waals surface area contributed by atoms with Gasteiger partial charge in [0.05, 0.1) is 11.0 Å². The van der Waals surface area contributed by atoms with Crippen molar-refractivity contribution in [3.8, 4) is 0 Å². The van der Waals surface area contributed by atoms with Crippen molar-refractivity contribution >= 4 is 23.4 Å². The van der Waals surface area contributed by atoms with Crippen molar-refractivity contribution in [1.82, 2.24) is 15.3 Å². The number of amides is 1. The second-order valence-corrected chi connectivity index (χ2v) is 8.37. The average Bonchev–Trinajstić information content (AvgIpc) is 2.75. The molecule has 31 heavy (non-hydrogen) atoms. The first-order valence-electron chi connectivity index (χ1n) is 10.6. The number of nitrogens with one attached hydrogen (secondary N) is 2. The number of hydrogen-bond acceptors (Lipinski definition) is 7. The Hall–Kier alpha value is -3.23. The molecule has 3 rings (SSSR count). The van der Waals surface area contributed by atoms with Gasteiger partial charge in [-0.15, -0.1) is 0 Å². The Kier molecular flexibility index (Phi) is 7.04. The second kappa shape index (κ2) is 9.72. The average molecular weight is 427 g/mol. The lowest BCUT2D eigenvalue weighted by Gasteiger charge is -2.29. The molecule has 1 saturated carbocycles. The third kappa shape index (κ3) is 5.68. The largest absolute Gasteiger partial charge is 0.362 e. The fraction of sp³-hybridized carbons (Fsp3) is 0.500. The van der Waals surface area contributed by atoms with E-state index in [-0.39, 0.29) is 29.6 Å². The zero-order valence-electron chi connectivity index (χ0n) is 18.5. The number of anilines is 2. The molecule has 1 aliphatic carbocycles. The standard InChI is InChI=1S/C22H30N6O3/c1-14-13-23-22(26-20(14)27(3)4)25-18-9-5-17(6-10-18)21(29)24-15(2)16-7-11-19(12-8-16)28(30)31/h7-8,11-13,15,17-18H,5-6,9-10H2,1-4H3,(H,24,29)(H,23,25,26)/t15-,17?,18?/m1/s1. The van der Waals surface area contributed by atoms with Gasteiger partial charge in [0.1, 0.15) is 5.82 Å². The van der Waals surface area contributed by atoms with E-state index in [0.717, 1.165) is 42.6 Å². The van der Waals surface area contributed by atoms with Crippen LogP contribution in [0.5, 0.6) is 0 Å². The van der Waals surface area contributed by atoms with Gasteiger partial charge < -0.3 is 15.5 Å². The Morgan fingerprint density at radius 1 is 1.19 bits per heavy atom. The summed E-state index contributed by atoms with van der Waals surface area (Å²) in [6.45, 7) is 3.88. The molecule has 0 radical (unpaired) electrons. The summed E-state index contributed by atoms with van der Waals surface area (Å²) in [6, 6.07) is 6.34. The first kappa shape index (κ1) is 22.5. The predicted molar refractivity (Wildman–Crippen MR) is 120 cm³/mol. The van der Waals surface area contributed by atoms with Crippen LogP contribution in [0.4, 0.5) is 17.5 Å². The third-order valence-corrected chi connectivity index (χ3v) is 5.76. The number of benzene rings is 1. The molecular weight excluding hydrogens is 396 g/mol. The molecule has 0 spiro atoms. The highest BCUT2D eigenvalue weighted by Gasteiger charge is 2.27. The molecule has 166 valence electrons. The van der Waals surface area contributed by atoms with Crippen molar-refractivity contribution in [1.29, 1.82) is 0 Å². The lowest BCUT2D eigenvalue weighted by molar-refractivity contribution is -0.384. The summed E-state index contributed by atoms with van der Waals surface area (Å²) in [7, 11) is 3.92. The SMILES string of the molecule is Cc1cnc(NC2CCC(C(=O)N[C@H](C)c3ccc([N+](=O)[O-])cc3)CC2)nc1N(C)C. The maximum absolute atomic E-state index is 12.7. The lowest BCUT2D eigenvalue weighted by Crippen LogP contribution is -2.37. The summed E-state index contributed by atoms with van der Waals surface area (Å²) in [6.07, 6.45) is 5.16. The number of nitrogens with zero attached hydrogens (tertiary/aromatic N) is 4. The molecule has 1 fully saturated rings. The molecule has 9 nitrogen and oxygen atoms in total. The summed E-state index contributed by atoms with van der Waals surface area (Å²) >= 11 is 0. The molecular formula is C22H30N6O3. The lowest BCUT2D eigenvalue weighted by atomic mass is 9.85. The summed E-state index contributed by atoms with van der Waals surface area (Å²) in [5, 5.41) is 17.2. The van der Waals surface area contributed by atoms with Crippen molar-refractivity contribution in [2.24, 2.45) is 5.92 Å². The molecule has 0 saturated heterocycles. The highest BCUT2D eigenvalue weighted by Crippen LogP contribution is 2.28. The summed E-state index contributed by atoms with van der Waals surface area (Å²) in [4.78, 5) is 34.0. The number of aryl methyl sites for hydroxylation is 1. The molecule has 1 aromatic carbocycles. The highest BCUT2D eigenvalue weighted by molar-refractivity contribution is 5.79. The van der Waals surface area contributed by atoms with E-state index in [2.05, 4.69) is 20.6 Å². The van der Waals surface area contributed by atoms with Crippen LogP contribution in [0.3, 0.4) is 0 Å². The molecule has 1 heterocycles. The quantitative estimate of drug-likeness (QED) is 0.513. The molecule has 0 unspecified atom stereocenters. The molecule has 2 aromatic rings. The Balaban J connectivity index is 1.50. The van der Waals surface area contributed by atoms with Gasteiger partial charge in [0.2, 0.25) is 11.9 Å². The van der Waals surface area contributed by atoms with Crippen LogP contribution in [0.2, 0.25) is 0 Å². The van der Waals surface area contributed by atoms with Crippen molar-refractivity contribution in [3.05, 3.63) is 51.7 Å². The van der Waals surface area contributed by atoms with E-state index < -0.39 is 4.92 Å². The monoisotopic (exact) mass is 426 g/mol. The van der Waals surface area contributed by atoms with Crippen molar-refractivity contribution in [2.75, 3.05) is 24.3 Å². The van der Waals surface area contributed by atoms with Crippen LogP contribution in [0, 0.1) is 23.0 Å². The van der Waals surface area contributed by atoms with Crippen molar-refractivity contribution in [3.63, 3.8) is 0 Å². The number of carbonyl (C=O) groups excluding carboxylic acids is 1. The minimum atomic E-state index is -0.428. The van der Waals surface area contributed by atoms with E-state index in [1.807, 2.05) is 39.0 Å². The number of aromatic nitrogens is 2. The number of hydrogen-bond donors (Lipinski definition) is 2. The number of nitro groups is 1. The van der Waals surface area contributed by atoms with E-state index in [1.165, 1.54) is 12.1 Å². The van der Waals surface area contributed by atoms with Crippen LogP contribution in [0.15, 0.2) is 30.5 Å². The van der Waals surface area contributed by atoms with Crippen LogP contribution in [-0.4, -0.2) is 40.9 Å². The molecule has 0 aliphatic heterocycles. The van der Waals surface area contributed by atoms with Gasteiger partial charge in [0, 0.05) is 49.9 Å². The second-order valence-electron chi connectivity index (χ2n) is 8.37. The maximum Gasteiger partial charge on any atom is 0.269 e. The fourth-order valence-corrected chi connectivity index (χ4v) is 3.94. The van der Waals surface area contributed by atoms with E-state index in [9.17, 15) is 14.9 Å². The Bertz CT molecular complexity index is 923. The number of carbonyl (C=O) groups is 1. The number of non-ortho nitro benzene ring substituents is 1. The highest BCUT2D eigenvalue weighted by atomic mass is 16.6. The molecule has 1 amide bonds. The Morgan fingerprint density at radius 3 is 2.42 bits per heavy atom.